The lowest BCUT2D eigenvalue weighted by Gasteiger charge is -2.10. The molecule has 7 heteroatoms. The first-order valence-corrected chi connectivity index (χ1v) is 11.4. The number of fused-ring (bicyclic) bond motifs is 3. The first kappa shape index (κ1) is 23.0. The molecule has 0 bridgehead atoms. The summed E-state index contributed by atoms with van der Waals surface area (Å²) < 4.78 is 10.5. The van der Waals surface area contributed by atoms with E-state index in [0.717, 1.165) is 38.7 Å². The maximum Gasteiger partial charge on any atom is 0.244 e. The number of aromatic amines is 1. The third-order valence-corrected chi connectivity index (χ3v) is 5.99. The lowest BCUT2D eigenvalue weighted by Crippen LogP contribution is -2.21. The van der Waals surface area contributed by atoms with E-state index in [1.807, 2.05) is 48.5 Å². The van der Waals surface area contributed by atoms with Gasteiger partial charge in [-0.1, -0.05) is 30.3 Å². The Bertz CT molecular complexity index is 1590. The minimum absolute atomic E-state index is 0.0567. The molecule has 0 unspecified atom stereocenters. The van der Waals surface area contributed by atoms with Gasteiger partial charge in [-0.2, -0.15) is 0 Å². The van der Waals surface area contributed by atoms with Crippen molar-refractivity contribution in [1.29, 1.82) is 0 Å². The maximum absolute atomic E-state index is 12.5. The molecule has 5 aromatic rings. The second-order valence-corrected chi connectivity index (χ2v) is 8.27. The lowest BCUT2D eigenvalue weighted by molar-refractivity contribution is -0.116. The van der Waals surface area contributed by atoms with Crippen LogP contribution < -0.4 is 14.8 Å². The summed E-state index contributed by atoms with van der Waals surface area (Å²) in [7, 11) is 3.12. The third-order valence-electron chi connectivity index (χ3n) is 5.99. The zero-order valence-electron chi connectivity index (χ0n) is 19.9. The number of ether oxygens (including phenoxy) is 2. The first-order chi connectivity index (χ1) is 17.6. The fourth-order valence-electron chi connectivity index (χ4n) is 4.15. The van der Waals surface area contributed by atoms with Crippen LogP contribution in [0.5, 0.6) is 17.2 Å². The fourth-order valence-corrected chi connectivity index (χ4v) is 4.15. The molecule has 0 aliphatic rings. The number of nitrogens with one attached hydrogen (secondary N) is 2. The molecule has 0 fully saturated rings. The van der Waals surface area contributed by atoms with Crippen LogP contribution in [0.15, 0.2) is 78.9 Å². The summed E-state index contributed by atoms with van der Waals surface area (Å²) in [6.45, 7) is 0.253. The molecule has 5 rings (SSSR count). The van der Waals surface area contributed by atoms with Crippen molar-refractivity contribution in [3.8, 4) is 28.5 Å². The average molecular weight is 480 g/mol. The molecule has 0 aliphatic heterocycles. The molecule has 3 N–H and O–H groups in total. The molecule has 0 aliphatic carbocycles. The van der Waals surface area contributed by atoms with Gasteiger partial charge in [-0.25, -0.2) is 4.98 Å². The van der Waals surface area contributed by atoms with Gasteiger partial charge >= 0.3 is 0 Å². The van der Waals surface area contributed by atoms with E-state index in [-0.39, 0.29) is 18.2 Å². The fraction of sp³-hybridized carbons (Fsp3) is 0.103. The van der Waals surface area contributed by atoms with E-state index in [9.17, 15) is 9.90 Å². The van der Waals surface area contributed by atoms with Crippen molar-refractivity contribution in [2.75, 3.05) is 14.2 Å². The summed E-state index contributed by atoms with van der Waals surface area (Å²) >= 11 is 0. The monoisotopic (exact) mass is 479 g/mol. The van der Waals surface area contributed by atoms with Crippen LogP contribution in [0.1, 0.15) is 11.3 Å². The van der Waals surface area contributed by atoms with E-state index in [0.29, 0.717) is 17.1 Å². The molecule has 0 atom stereocenters. The highest BCUT2D eigenvalue weighted by atomic mass is 16.5. The number of aromatic hydroxyl groups is 1. The Morgan fingerprint density at radius 3 is 2.58 bits per heavy atom. The van der Waals surface area contributed by atoms with Crippen molar-refractivity contribution in [3.05, 3.63) is 90.1 Å². The van der Waals surface area contributed by atoms with E-state index in [2.05, 4.69) is 16.4 Å². The summed E-state index contributed by atoms with van der Waals surface area (Å²) in [4.78, 5) is 20.8. The summed E-state index contributed by atoms with van der Waals surface area (Å²) in [5.74, 6) is 0.957. The normalized spacial score (nSPS) is 11.3. The Hall–Kier alpha value is -4.78. The van der Waals surface area contributed by atoms with E-state index < -0.39 is 0 Å². The van der Waals surface area contributed by atoms with Gasteiger partial charge in [0.15, 0.2) is 11.5 Å². The van der Waals surface area contributed by atoms with Crippen molar-refractivity contribution in [1.82, 2.24) is 15.3 Å². The summed E-state index contributed by atoms with van der Waals surface area (Å²) in [6.07, 6.45) is 3.25. The second kappa shape index (κ2) is 9.84. The number of H-pyrrole nitrogens is 1. The van der Waals surface area contributed by atoms with Gasteiger partial charge in [0.05, 0.1) is 37.7 Å². The van der Waals surface area contributed by atoms with Crippen LogP contribution in [0.4, 0.5) is 0 Å². The molecule has 7 nitrogen and oxygen atoms in total. The zero-order valence-corrected chi connectivity index (χ0v) is 19.9. The largest absolute Gasteiger partial charge is 0.504 e. The number of nitrogens with zero attached hydrogens (tertiary/aromatic N) is 1. The zero-order chi connectivity index (χ0) is 25.1. The SMILES string of the molecule is COc1ccc(/C=C/C(=O)NCc2cc3c([nH]c4ccccc43)c(-c3ccc(O)c(OC)c3)n2)cc1. The molecule has 2 heterocycles. The number of hydrogen-bond acceptors (Lipinski definition) is 5. The standard InChI is InChI=1S/C29H25N3O4/c1-35-21-11-7-18(8-12-21)9-14-27(34)30-17-20-16-23-22-5-3-4-6-24(22)32-29(23)28(31-20)19-10-13-25(33)26(15-19)36-2/h3-16,32-33H,17H2,1-2H3,(H,30,34)/b14-9+. The molecule has 0 saturated carbocycles. The Morgan fingerprint density at radius 2 is 1.81 bits per heavy atom. The second-order valence-electron chi connectivity index (χ2n) is 8.27. The predicted octanol–water partition coefficient (Wildman–Crippen LogP) is 5.44. The number of phenolic OH excluding ortho intramolecular Hbond substituents is 1. The van der Waals surface area contributed by atoms with E-state index in [4.69, 9.17) is 14.5 Å². The minimum atomic E-state index is -0.223. The number of benzene rings is 3. The number of methoxy groups -OCH3 is 2. The first-order valence-electron chi connectivity index (χ1n) is 11.4. The molecule has 180 valence electrons. The highest BCUT2D eigenvalue weighted by molar-refractivity contribution is 6.11. The Labute approximate surface area is 208 Å². The van der Waals surface area contributed by atoms with Crippen LogP contribution in [0.3, 0.4) is 0 Å². The maximum atomic E-state index is 12.5. The van der Waals surface area contributed by atoms with Crippen molar-refractivity contribution in [2.24, 2.45) is 0 Å². The van der Waals surface area contributed by atoms with E-state index >= 15 is 0 Å². The minimum Gasteiger partial charge on any atom is -0.504 e. The van der Waals surface area contributed by atoms with Gasteiger partial charge < -0.3 is 24.9 Å². The molecule has 0 saturated heterocycles. The van der Waals surface area contributed by atoms with Crippen LogP contribution in [-0.2, 0) is 11.3 Å². The van der Waals surface area contributed by atoms with Crippen molar-refractivity contribution >= 4 is 33.8 Å². The Balaban J connectivity index is 1.46. The Kier molecular flexibility index (Phi) is 6.28. The molecular formula is C29H25N3O4. The molecule has 0 spiro atoms. The van der Waals surface area contributed by atoms with Crippen molar-refractivity contribution in [3.63, 3.8) is 0 Å². The van der Waals surface area contributed by atoms with Crippen molar-refractivity contribution in [2.45, 2.75) is 6.54 Å². The molecule has 3 aromatic carbocycles. The molecule has 36 heavy (non-hydrogen) atoms. The Morgan fingerprint density at radius 1 is 1.00 bits per heavy atom. The number of phenols is 1. The van der Waals surface area contributed by atoms with Crippen LogP contribution in [-0.4, -0.2) is 35.2 Å². The molecule has 2 aromatic heterocycles. The summed E-state index contributed by atoms with van der Waals surface area (Å²) in [6, 6.07) is 22.6. The number of pyridine rings is 1. The van der Waals surface area contributed by atoms with Gasteiger partial charge in [0.2, 0.25) is 5.91 Å². The highest BCUT2D eigenvalue weighted by Crippen LogP contribution is 2.36. The van der Waals surface area contributed by atoms with E-state index in [1.165, 1.54) is 13.2 Å². The van der Waals surface area contributed by atoms with Gasteiger partial charge in [0, 0.05) is 27.9 Å². The quantitative estimate of drug-likeness (QED) is 0.270. The number of hydrogen-bond donors (Lipinski definition) is 3. The number of carbonyl (C=O) groups excluding carboxylic acids is 1. The molecule has 0 radical (unpaired) electrons. The third kappa shape index (κ3) is 4.59. The highest BCUT2D eigenvalue weighted by Gasteiger charge is 2.15. The molecular weight excluding hydrogens is 454 g/mol. The van der Waals surface area contributed by atoms with E-state index in [1.54, 1.807) is 31.4 Å². The summed E-state index contributed by atoms with van der Waals surface area (Å²) in [5, 5.41) is 15.0. The van der Waals surface area contributed by atoms with Crippen LogP contribution >= 0.6 is 0 Å². The topological polar surface area (TPSA) is 96.5 Å². The predicted molar refractivity (Wildman–Crippen MR) is 141 cm³/mol. The smallest absolute Gasteiger partial charge is 0.244 e. The van der Waals surface area contributed by atoms with Crippen LogP contribution in [0.25, 0.3) is 39.1 Å². The van der Waals surface area contributed by atoms with Crippen LogP contribution in [0.2, 0.25) is 0 Å². The number of carbonyl (C=O) groups is 1. The lowest BCUT2D eigenvalue weighted by atomic mass is 10.1. The average Bonchev–Trinajstić information content (AvgIpc) is 3.29. The number of aromatic nitrogens is 2. The molecule has 1 amide bonds. The van der Waals surface area contributed by atoms with Crippen LogP contribution in [0, 0.1) is 0 Å². The van der Waals surface area contributed by atoms with Gasteiger partial charge in [-0.3, -0.25) is 4.79 Å². The number of rotatable bonds is 7. The van der Waals surface area contributed by atoms with Gasteiger partial charge in [-0.05, 0) is 54.1 Å². The van der Waals surface area contributed by atoms with Crippen molar-refractivity contribution < 1.29 is 19.4 Å². The summed E-state index contributed by atoms with van der Waals surface area (Å²) in [5.41, 5.74) is 4.96. The van der Waals surface area contributed by atoms with Gasteiger partial charge in [0.1, 0.15) is 5.75 Å². The van der Waals surface area contributed by atoms with Gasteiger partial charge in [-0.15, -0.1) is 0 Å². The number of para-hydroxylation sites is 1. The van der Waals surface area contributed by atoms with Gasteiger partial charge in [0.25, 0.3) is 0 Å². The number of amides is 1.